The molecule has 1 fully saturated rings. The van der Waals surface area contributed by atoms with Gasteiger partial charge in [0.25, 0.3) is 5.91 Å². The van der Waals surface area contributed by atoms with E-state index in [4.69, 9.17) is 27.0 Å². The van der Waals surface area contributed by atoms with E-state index in [1.54, 1.807) is 36.4 Å². The first-order valence-corrected chi connectivity index (χ1v) is 8.28. The van der Waals surface area contributed by atoms with E-state index in [-0.39, 0.29) is 4.32 Å². The molecule has 0 spiro atoms. The smallest absolute Gasteiger partial charge is 0.323 e. The van der Waals surface area contributed by atoms with Crippen LogP contribution in [-0.2, 0) is 9.59 Å². The van der Waals surface area contributed by atoms with Crippen LogP contribution in [0.2, 0.25) is 0 Å². The predicted octanol–water partition coefficient (Wildman–Crippen LogP) is 3.10. The van der Waals surface area contributed by atoms with E-state index in [1.807, 2.05) is 6.07 Å². The summed E-state index contributed by atoms with van der Waals surface area (Å²) in [5.41, 5.74) is 1.36. The van der Waals surface area contributed by atoms with E-state index >= 15 is 0 Å². The molecule has 1 aliphatic rings. The average molecular weight is 370 g/mol. The third-order valence-electron chi connectivity index (χ3n) is 3.37. The van der Waals surface area contributed by atoms with Crippen LogP contribution in [0.4, 0.5) is 0 Å². The molecule has 25 heavy (non-hydrogen) atoms. The van der Waals surface area contributed by atoms with E-state index in [0.717, 1.165) is 22.2 Å². The normalized spacial score (nSPS) is 15.6. The molecule has 2 heterocycles. The van der Waals surface area contributed by atoms with Gasteiger partial charge in [0.15, 0.2) is 0 Å². The topological polar surface area (TPSA) is 94.5 Å². The third-order valence-corrected chi connectivity index (χ3v) is 4.74. The fourth-order valence-electron chi connectivity index (χ4n) is 2.20. The Labute approximate surface area is 152 Å². The monoisotopic (exact) mass is 370 g/mol. The minimum absolute atomic E-state index is 0.206. The van der Waals surface area contributed by atoms with Crippen LogP contribution in [0.25, 0.3) is 17.4 Å². The molecule has 6 nitrogen and oxygen atoms in total. The summed E-state index contributed by atoms with van der Waals surface area (Å²) in [4.78, 5) is 24.4. The number of aliphatic carboxylic acids is 1. The van der Waals surface area contributed by atoms with Crippen LogP contribution < -0.4 is 0 Å². The first kappa shape index (κ1) is 17.0. The number of nitriles is 1. The molecule has 0 unspecified atom stereocenters. The summed E-state index contributed by atoms with van der Waals surface area (Å²) in [5, 5.41) is 17.6. The second-order valence-corrected chi connectivity index (χ2v) is 6.73. The largest absolute Gasteiger partial charge is 0.480 e. The highest BCUT2D eigenvalue weighted by Crippen LogP contribution is 2.33. The third kappa shape index (κ3) is 3.63. The zero-order valence-electron chi connectivity index (χ0n) is 12.6. The van der Waals surface area contributed by atoms with Crippen LogP contribution in [0.5, 0.6) is 0 Å². The molecular weight excluding hydrogens is 360 g/mol. The molecule has 0 radical (unpaired) electrons. The SMILES string of the molecule is N#Cc1ccc(-c2ccc(/C=C3/SC(=S)N(CC(=O)O)C3=O)o2)cc1. The lowest BCUT2D eigenvalue weighted by Crippen LogP contribution is -2.33. The quantitative estimate of drug-likeness (QED) is 0.653. The van der Waals surface area contributed by atoms with Crippen molar-refractivity contribution in [1.29, 1.82) is 5.26 Å². The van der Waals surface area contributed by atoms with Gasteiger partial charge >= 0.3 is 5.97 Å². The summed E-state index contributed by atoms with van der Waals surface area (Å²) in [5.74, 6) is -0.528. The highest BCUT2D eigenvalue weighted by Gasteiger charge is 2.33. The molecule has 1 aromatic heterocycles. The number of thiocarbonyl (C=S) groups is 1. The number of carbonyl (C=O) groups is 2. The molecule has 2 aromatic rings. The summed E-state index contributed by atoms with van der Waals surface area (Å²) < 4.78 is 5.91. The summed E-state index contributed by atoms with van der Waals surface area (Å²) in [7, 11) is 0. The van der Waals surface area contributed by atoms with Gasteiger partial charge in [-0.15, -0.1) is 0 Å². The van der Waals surface area contributed by atoms with Crippen molar-refractivity contribution in [1.82, 2.24) is 4.90 Å². The van der Waals surface area contributed by atoms with Crippen LogP contribution in [-0.4, -0.2) is 32.7 Å². The first-order chi connectivity index (χ1) is 12.0. The zero-order chi connectivity index (χ0) is 18.0. The lowest BCUT2D eigenvalue weighted by atomic mass is 10.1. The van der Waals surface area contributed by atoms with E-state index in [1.165, 1.54) is 6.08 Å². The molecule has 0 saturated carbocycles. The molecule has 1 saturated heterocycles. The Balaban J connectivity index is 1.82. The molecule has 3 rings (SSSR count). The van der Waals surface area contributed by atoms with Gasteiger partial charge in [-0.25, -0.2) is 0 Å². The Morgan fingerprint density at radius 3 is 2.68 bits per heavy atom. The van der Waals surface area contributed by atoms with Crippen molar-refractivity contribution in [3.05, 3.63) is 52.6 Å². The standard InChI is InChI=1S/C17H10N2O4S2/c18-8-10-1-3-11(4-2-10)13-6-5-12(23-13)7-14-16(22)19(9-15(20)21)17(24)25-14/h1-7H,9H2,(H,20,21)/b14-7+. The fraction of sp³-hybridized carbons (Fsp3) is 0.0588. The lowest BCUT2D eigenvalue weighted by Gasteiger charge is -2.09. The number of rotatable bonds is 4. The Hall–Kier alpha value is -2.89. The van der Waals surface area contributed by atoms with Gasteiger partial charge in [-0.05, 0) is 36.4 Å². The van der Waals surface area contributed by atoms with E-state index < -0.39 is 18.4 Å². The van der Waals surface area contributed by atoms with Gasteiger partial charge in [0, 0.05) is 11.6 Å². The molecule has 1 N–H and O–H groups in total. The van der Waals surface area contributed by atoms with Gasteiger partial charge in [-0.1, -0.05) is 24.0 Å². The minimum atomic E-state index is -1.13. The second-order valence-electron chi connectivity index (χ2n) is 5.05. The zero-order valence-corrected chi connectivity index (χ0v) is 14.3. The average Bonchev–Trinajstić information content (AvgIpc) is 3.15. The van der Waals surface area contributed by atoms with Gasteiger partial charge in [-0.3, -0.25) is 14.5 Å². The van der Waals surface area contributed by atoms with Crippen molar-refractivity contribution >= 4 is 46.3 Å². The molecule has 1 amide bonds. The second kappa shape index (κ2) is 6.93. The van der Waals surface area contributed by atoms with Gasteiger partial charge in [0.1, 0.15) is 22.4 Å². The van der Waals surface area contributed by atoms with Crippen LogP contribution in [0.15, 0.2) is 45.7 Å². The number of hydrogen-bond acceptors (Lipinski definition) is 6. The highest BCUT2D eigenvalue weighted by molar-refractivity contribution is 8.26. The van der Waals surface area contributed by atoms with E-state index in [9.17, 15) is 9.59 Å². The Morgan fingerprint density at radius 2 is 2.04 bits per heavy atom. The van der Waals surface area contributed by atoms with Crippen molar-refractivity contribution < 1.29 is 19.1 Å². The molecular formula is C17H10N2O4S2. The fourth-order valence-corrected chi connectivity index (χ4v) is 3.43. The van der Waals surface area contributed by atoms with Crippen LogP contribution in [0.3, 0.4) is 0 Å². The molecule has 124 valence electrons. The maximum Gasteiger partial charge on any atom is 0.323 e. The molecule has 0 bridgehead atoms. The van der Waals surface area contributed by atoms with Gasteiger partial charge in [0.05, 0.1) is 16.5 Å². The molecule has 1 aromatic carbocycles. The van der Waals surface area contributed by atoms with Crippen molar-refractivity contribution in [2.24, 2.45) is 0 Å². The number of nitrogens with zero attached hydrogens (tertiary/aromatic N) is 2. The number of amides is 1. The van der Waals surface area contributed by atoms with Crippen molar-refractivity contribution in [3.8, 4) is 17.4 Å². The summed E-state index contributed by atoms with van der Waals surface area (Å²) >= 11 is 6.08. The lowest BCUT2D eigenvalue weighted by molar-refractivity contribution is -0.140. The van der Waals surface area contributed by atoms with Crippen LogP contribution >= 0.6 is 24.0 Å². The molecule has 0 atom stereocenters. The van der Waals surface area contributed by atoms with Crippen molar-refractivity contribution in [3.63, 3.8) is 0 Å². The number of thioether (sulfide) groups is 1. The minimum Gasteiger partial charge on any atom is -0.480 e. The summed E-state index contributed by atoms with van der Waals surface area (Å²) in [6, 6.07) is 12.4. The van der Waals surface area contributed by atoms with Crippen molar-refractivity contribution in [2.45, 2.75) is 0 Å². The van der Waals surface area contributed by atoms with E-state index in [2.05, 4.69) is 0 Å². The van der Waals surface area contributed by atoms with Gasteiger partial charge < -0.3 is 9.52 Å². The van der Waals surface area contributed by atoms with Crippen LogP contribution in [0, 0.1) is 11.3 Å². The maximum absolute atomic E-state index is 12.2. The summed E-state index contributed by atoms with van der Waals surface area (Å²) in [6.07, 6.45) is 1.54. The van der Waals surface area contributed by atoms with E-state index in [0.29, 0.717) is 22.0 Å². The van der Waals surface area contributed by atoms with Crippen molar-refractivity contribution in [2.75, 3.05) is 6.54 Å². The Kier molecular flexibility index (Phi) is 4.70. The number of hydrogen-bond donors (Lipinski definition) is 1. The number of carbonyl (C=O) groups excluding carboxylic acids is 1. The van der Waals surface area contributed by atoms with Gasteiger partial charge in [0.2, 0.25) is 0 Å². The number of benzene rings is 1. The molecule has 8 heteroatoms. The maximum atomic E-state index is 12.2. The van der Waals surface area contributed by atoms with Gasteiger partial charge in [-0.2, -0.15) is 5.26 Å². The Morgan fingerprint density at radius 1 is 1.32 bits per heavy atom. The number of furan rings is 1. The first-order valence-electron chi connectivity index (χ1n) is 7.05. The predicted molar refractivity (Wildman–Crippen MR) is 96.4 cm³/mol. The highest BCUT2D eigenvalue weighted by atomic mass is 32.2. The number of carboxylic acid groups (broad SMARTS) is 1. The molecule has 0 aliphatic carbocycles. The Bertz CT molecular complexity index is 938. The van der Waals surface area contributed by atoms with Crippen LogP contribution in [0.1, 0.15) is 11.3 Å². The summed E-state index contributed by atoms with van der Waals surface area (Å²) in [6.45, 7) is -0.462. The number of carboxylic acids is 1. The molecule has 1 aliphatic heterocycles.